The van der Waals surface area contributed by atoms with Gasteiger partial charge < -0.3 is 16.4 Å². The van der Waals surface area contributed by atoms with E-state index in [1.54, 1.807) is 0 Å². The van der Waals surface area contributed by atoms with Crippen LogP contribution in [-0.4, -0.2) is 10.9 Å². The molecular weight excluding hydrogens is 492 g/mol. The van der Waals surface area contributed by atoms with Gasteiger partial charge in [0.15, 0.2) is 0 Å². The summed E-state index contributed by atoms with van der Waals surface area (Å²) in [5.74, 6) is 0.657. The molecule has 0 saturated carbocycles. The van der Waals surface area contributed by atoms with Gasteiger partial charge in [0, 0.05) is 11.4 Å². The van der Waals surface area contributed by atoms with Crippen molar-refractivity contribution in [3.8, 4) is 0 Å². The number of nitrogens with one attached hydrogen (secondary N) is 2. The highest BCUT2D eigenvalue weighted by molar-refractivity contribution is 6.00. The van der Waals surface area contributed by atoms with Crippen molar-refractivity contribution in [1.82, 2.24) is 4.98 Å². The number of primary amides is 1. The number of hydrogen-bond acceptors (Lipinski definition) is 4. The molecule has 0 aliphatic rings. The molecule has 0 atom stereocenters. The number of benzene rings is 2. The Morgan fingerprint density at radius 1 is 0.675 bits per heavy atom. The molecule has 0 aliphatic carbocycles. The lowest BCUT2D eigenvalue weighted by atomic mass is 10.0. The topological polar surface area (TPSA) is 80.0 Å². The first-order valence-corrected chi connectivity index (χ1v) is 15.5. The maximum atomic E-state index is 12.3. The van der Waals surface area contributed by atoms with E-state index < -0.39 is 5.91 Å². The Balaban J connectivity index is 1.60. The average molecular weight is 543 g/mol. The Hall–Kier alpha value is -3.34. The van der Waals surface area contributed by atoms with E-state index in [1.165, 1.54) is 88.2 Å². The standard InChI is InChI=1S/C35H50N4O/c1-4-6-8-10-12-14-16-28-18-22-30(23-19-28)37-32-26-27(3)33(34(36)40)35(39-32)38-31-24-20-29(21-25-31)17-15-13-11-9-7-5-2/h18-26H,4-17H2,1-3H3,(H2,36,40)(H2,37,38,39). The molecule has 1 heterocycles. The Morgan fingerprint density at radius 3 is 1.60 bits per heavy atom. The largest absolute Gasteiger partial charge is 0.365 e. The van der Waals surface area contributed by atoms with Crippen LogP contribution in [0.2, 0.25) is 0 Å². The number of nitrogens with zero attached hydrogens (tertiary/aromatic N) is 1. The van der Waals surface area contributed by atoms with Gasteiger partial charge in [-0.05, 0) is 79.6 Å². The van der Waals surface area contributed by atoms with E-state index >= 15 is 0 Å². The van der Waals surface area contributed by atoms with Crippen LogP contribution >= 0.6 is 0 Å². The van der Waals surface area contributed by atoms with Gasteiger partial charge in [-0.25, -0.2) is 4.98 Å². The molecule has 40 heavy (non-hydrogen) atoms. The first kappa shape index (κ1) is 31.2. The molecule has 3 aromatic rings. The molecule has 0 aliphatic heterocycles. The van der Waals surface area contributed by atoms with E-state index in [4.69, 9.17) is 10.7 Å². The second kappa shape index (κ2) is 17.4. The molecule has 0 radical (unpaired) electrons. The highest BCUT2D eigenvalue weighted by Gasteiger charge is 2.16. The van der Waals surface area contributed by atoms with Crippen molar-refractivity contribution >= 4 is 28.9 Å². The van der Waals surface area contributed by atoms with Crippen LogP contribution in [0.3, 0.4) is 0 Å². The zero-order valence-electron chi connectivity index (χ0n) is 25.0. The summed E-state index contributed by atoms with van der Waals surface area (Å²) in [6.45, 7) is 6.40. The average Bonchev–Trinajstić information content (AvgIpc) is 2.94. The fourth-order valence-electron chi connectivity index (χ4n) is 5.15. The first-order valence-electron chi connectivity index (χ1n) is 15.5. The number of carbonyl (C=O) groups is 1. The van der Waals surface area contributed by atoms with Gasteiger partial charge >= 0.3 is 0 Å². The summed E-state index contributed by atoms with van der Waals surface area (Å²) in [5.41, 5.74) is 11.5. The van der Waals surface area contributed by atoms with Crippen LogP contribution < -0.4 is 16.4 Å². The lowest BCUT2D eigenvalue weighted by Crippen LogP contribution is -2.16. The Labute approximate surface area is 242 Å². The van der Waals surface area contributed by atoms with Crippen molar-refractivity contribution in [2.45, 2.75) is 111 Å². The number of anilines is 4. The van der Waals surface area contributed by atoms with Crippen molar-refractivity contribution in [3.63, 3.8) is 0 Å². The second-order valence-corrected chi connectivity index (χ2v) is 11.1. The Kier molecular flexibility index (Phi) is 13.5. The number of aryl methyl sites for hydroxylation is 3. The van der Waals surface area contributed by atoms with Gasteiger partial charge in [0.1, 0.15) is 11.6 Å². The maximum absolute atomic E-state index is 12.3. The normalized spacial score (nSPS) is 11.0. The van der Waals surface area contributed by atoms with E-state index in [-0.39, 0.29) is 0 Å². The third kappa shape index (κ3) is 10.7. The summed E-state index contributed by atoms with van der Waals surface area (Å²) >= 11 is 0. The van der Waals surface area contributed by atoms with E-state index in [0.29, 0.717) is 17.2 Å². The molecule has 5 nitrogen and oxygen atoms in total. The fourth-order valence-corrected chi connectivity index (χ4v) is 5.15. The van der Waals surface area contributed by atoms with Crippen molar-refractivity contribution in [2.24, 2.45) is 5.73 Å². The van der Waals surface area contributed by atoms with Gasteiger partial charge in [-0.2, -0.15) is 0 Å². The van der Waals surface area contributed by atoms with Crippen LogP contribution in [0, 0.1) is 6.92 Å². The highest BCUT2D eigenvalue weighted by Crippen LogP contribution is 2.27. The Morgan fingerprint density at radius 2 is 1.12 bits per heavy atom. The van der Waals surface area contributed by atoms with E-state index in [1.807, 2.05) is 13.0 Å². The molecular formula is C35H50N4O. The molecule has 2 aromatic carbocycles. The molecule has 1 amide bonds. The van der Waals surface area contributed by atoms with Gasteiger partial charge in [-0.1, -0.05) is 102 Å². The van der Waals surface area contributed by atoms with Crippen LogP contribution in [-0.2, 0) is 12.8 Å². The minimum absolute atomic E-state index is 0.413. The lowest BCUT2D eigenvalue weighted by molar-refractivity contribution is 0.100. The van der Waals surface area contributed by atoms with E-state index in [0.717, 1.165) is 29.8 Å². The number of pyridine rings is 1. The summed E-state index contributed by atoms with van der Waals surface area (Å²) in [6.07, 6.45) is 17.8. The highest BCUT2D eigenvalue weighted by atomic mass is 16.1. The summed E-state index contributed by atoms with van der Waals surface area (Å²) < 4.78 is 0. The van der Waals surface area contributed by atoms with Gasteiger partial charge in [0.05, 0.1) is 5.56 Å². The van der Waals surface area contributed by atoms with Crippen LogP contribution in [0.4, 0.5) is 23.0 Å². The number of carbonyl (C=O) groups excluding carboxylic acids is 1. The van der Waals surface area contributed by atoms with Gasteiger partial charge in [-0.15, -0.1) is 0 Å². The second-order valence-electron chi connectivity index (χ2n) is 11.1. The predicted octanol–water partition coefficient (Wildman–Crippen LogP) is 9.78. The quantitative estimate of drug-likeness (QED) is 0.132. The van der Waals surface area contributed by atoms with Crippen molar-refractivity contribution in [2.75, 3.05) is 10.6 Å². The first-order chi connectivity index (χ1) is 19.5. The summed E-state index contributed by atoms with van der Waals surface area (Å²) in [5, 5.41) is 6.74. The zero-order valence-corrected chi connectivity index (χ0v) is 25.0. The molecule has 0 saturated heterocycles. The summed E-state index contributed by atoms with van der Waals surface area (Å²) in [6, 6.07) is 18.9. The number of rotatable bonds is 19. The number of nitrogens with two attached hydrogens (primary N) is 1. The number of unbranched alkanes of at least 4 members (excludes halogenated alkanes) is 10. The van der Waals surface area contributed by atoms with Crippen molar-refractivity contribution < 1.29 is 4.79 Å². The third-order valence-electron chi connectivity index (χ3n) is 7.54. The van der Waals surface area contributed by atoms with Crippen molar-refractivity contribution in [3.05, 3.63) is 76.9 Å². The summed E-state index contributed by atoms with van der Waals surface area (Å²) in [7, 11) is 0. The minimum Gasteiger partial charge on any atom is -0.365 e. The number of amides is 1. The third-order valence-corrected chi connectivity index (χ3v) is 7.54. The molecule has 0 unspecified atom stereocenters. The van der Waals surface area contributed by atoms with E-state index in [2.05, 4.69) is 73.0 Å². The van der Waals surface area contributed by atoms with Crippen LogP contribution in [0.25, 0.3) is 0 Å². The SMILES string of the molecule is CCCCCCCCc1ccc(Nc2cc(C)c(C(N)=O)c(Nc3ccc(CCCCCCCC)cc3)n2)cc1. The van der Waals surface area contributed by atoms with Gasteiger partial charge in [0.25, 0.3) is 5.91 Å². The molecule has 1 aromatic heterocycles. The Bertz CT molecular complexity index is 1160. The zero-order chi connectivity index (χ0) is 28.6. The van der Waals surface area contributed by atoms with Crippen LogP contribution in [0.1, 0.15) is 118 Å². The van der Waals surface area contributed by atoms with E-state index in [9.17, 15) is 4.79 Å². The minimum atomic E-state index is -0.488. The molecule has 3 rings (SSSR count). The molecule has 4 N–H and O–H groups in total. The molecule has 0 fully saturated rings. The lowest BCUT2D eigenvalue weighted by Gasteiger charge is -2.15. The predicted molar refractivity (Wildman–Crippen MR) is 171 cm³/mol. The fraction of sp³-hybridized carbons (Fsp3) is 0.486. The molecule has 0 spiro atoms. The number of hydrogen-bond donors (Lipinski definition) is 3. The van der Waals surface area contributed by atoms with Gasteiger partial charge in [-0.3, -0.25) is 4.79 Å². The van der Waals surface area contributed by atoms with Crippen molar-refractivity contribution in [1.29, 1.82) is 0 Å². The van der Waals surface area contributed by atoms with Crippen LogP contribution in [0.15, 0.2) is 54.6 Å². The smallest absolute Gasteiger partial charge is 0.252 e. The molecule has 5 heteroatoms. The van der Waals surface area contributed by atoms with Gasteiger partial charge in [0.2, 0.25) is 0 Å². The maximum Gasteiger partial charge on any atom is 0.252 e. The monoisotopic (exact) mass is 542 g/mol. The summed E-state index contributed by atoms with van der Waals surface area (Å²) in [4.78, 5) is 17.0. The van der Waals surface area contributed by atoms with Crippen LogP contribution in [0.5, 0.6) is 0 Å². The molecule has 216 valence electrons. The number of aromatic nitrogens is 1. The molecule has 0 bridgehead atoms.